The lowest BCUT2D eigenvalue weighted by molar-refractivity contribution is 0.522. The van der Waals surface area contributed by atoms with Crippen molar-refractivity contribution in [3.05, 3.63) is 179 Å². The molecule has 2 aliphatic rings. The molecule has 0 aliphatic heterocycles. The Kier molecular flexibility index (Phi) is 6.54. The van der Waals surface area contributed by atoms with Crippen molar-refractivity contribution in [2.24, 2.45) is 0 Å². The summed E-state index contributed by atoms with van der Waals surface area (Å²) in [6, 6.07) is 43.4. The van der Waals surface area contributed by atoms with Gasteiger partial charge in [-0.1, -0.05) is 110 Å². The second kappa shape index (κ2) is 10.6. The summed E-state index contributed by atoms with van der Waals surface area (Å²) < 4.78 is 12.8. The molecule has 2 aromatic heterocycles. The molecular weight excluding hydrogens is 565 g/mol. The van der Waals surface area contributed by atoms with Crippen LogP contribution in [-0.2, 0) is 0 Å². The molecule has 0 unspecified atom stereocenters. The summed E-state index contributed by atoms with van der Waals surface area (Å²) in [6.07, 6.45) is 4.70. The van der Waals surface area contributed by atoms with Gasteiger partial charge in [0.05, 0.1) is 0 Å². The van der Waals surface area contributed by atoms with Crippen LogP contribution in [0.4, 0.5) is 0 Å². The van der Waals surface area contributed by atoms with Gasteiger partial charge < -0.3 is 8.83 Å². The summed E-state index contributed by atoms with van der Waals surface area (Å²) in [4.78, 5) is 0. The fourth-order valence-electron chi connectivity index (χ4n) is 7.35. The van der Waals surface area contributed by atoms with Gasteiger partial charge in [-0.15, -0.1) is 0 Å². The smallest absolute Gasteiger partial charge is 0.130 e. The van der Waals surface area contributed by atoms with Crippen LogP contribution in [0.1, 0.15) is 45.3 Å². The lowest BCUT2D eigenvalue weighted by atomic mass is 9.97. The van der Waals surface area contributed by atoms with Crippen LogP contribution in [0, 0.1) is 26.7 Å². The fraction of sp³-hybridized carbons (Fsp3) is 0.0952. The highest BCUT2D eigenvalue weighted by Crippen LogP contribution is 2.56. The van der Waals surface area contributed by atoms with Crippen LogP contribution >= 0.6 is 0 Å². The molecule has 45 heavy (non-hydrogen) atoms. The number of hydrogen-bond acceptors (Lipinski definition) is 2. The monoisotopic (exact) mass is 598 g/mol. The van der Waals surface area contributed by atoms with Crippen LogP contribution in [0.3, 0.4) is 0 Å². The fourth-order valence-corrected chi connectivity index (χ4v) is 11.1. The van der Waals surface area contributed by atoms with Gasteiger partial charge in [0, 0.05) is 24.0 Å². The van der Waals surface area contributed by atoms with Gasteiger partial charge in [0.15, 0.2) is 0 Å². The first kappa shape index (κ1) is 27.7. The first-order chi connectivity index (χ1) is 21.9. The van der Waals surface area contributed by atoms with Crippen LogP contribution < -0.4 is 0 Å². The maximum Gasteiger partial charge on any atom is 0.130 e. The Morgan fingerprint density at radius 2 is 0.867 bits per heavy atom. The molecule has 8 rings (SSSR count). The van der Waals surface area contributed by atoms with E-state index in [2.05, 4.69) is 147 Å². The first-order valence-corrected chi connectivity index (χ1v) is 18.6. The molecule has 0 spiro atoms. The zero-order chi connectivity index (χ0) is 30.7. The van der Waals surface area contributed by atoms with Crippen molar-refractivity contribution in [3.8, 4) is 22.3 Å². The molecule has 2 aliphatic carbocycles. The van der Waals surface area contributed by atoms with Crippen molar-refractivity contribution in [3.63, 3.8) is 0 Å². The van der Waals surface area contributed by atoms with Gasteiger partial charge in [0.2, 0.25) is 0 Å². The van der Waals surface area contributed by atoms with Gasteiger partial charge in [-0.3, -0.25) is 0 Å². The van der Waals surface area contributed by atoms with Crippen molar-refractivity contribution in [2.75, 3.05) is 0 Å². The van der Waals surface area contributed by atoms with E-state index in [1.165, 1.54) is 66.0 Å². The number of allylic oxidation sites excluding steroid dienone is 2. The van der Waals surface area contributed by atoms with E-state index in [4.69, 9.17) is 8.83 Å². The minimum Gasteiger partial charge on any atom is -0.462 e. The lowest BCUT2D eigenvalue weighted by Crippen LogP contribution is -2.31. The lowest BCUT2D eigenvalue weighted by Gasteiger charge is -2.32. The van der Waals surface area contributed by atoms with E-state index >= 15 is 0 Å². The van der Waals surface area contributed by atoms with Crippen molar-refractivity contribution in [1.29, 1.82) is 0 Å². The molecule has 218 valence electrons. The molecule has 0 atom stereocenters. The predicted octanol–water partition coefficient (Wildman–Crippen LogP) is 11.3. The highest BCUT2D eigenvalue weighted by molar-refractivity contribution is 7.11. The molecule has 2 radical (unpaired) electrons. The Morgan fingerprint density at radius 3 is 1.24 bits per heavy atom. The second-order valence-electron chi connectivity index (χ2n) is 12.6. The van der Waals surface area contributed by atoms with Gasteiger partial charge in [-0.25, -0.2) is 0 Å². The molecular formula is C42H34O2Si. The number of furan rings is 2. The zero-order valence-corrected chi connectivity index (χ0v) is 27.0. The van der Waals surface area contributed by atoms with Crippen LogP contribution in [0.5, 0.6) is 0 Å². The average Bonchev–Trinajstić information content (AvgIpc) is 3.86. The number of aryl methyl sites for hydroxylation is 2. The topological polar surface area (TPSA) is 26.3 Å². The Balaban J connectivity index is 1.45. The highest BCUT2D eigenvalue weighted by atomic mass is 28.3. The summed E-state index contributed by atoms with van der Waals surface area (Å²) in [5.41, 5.74) is 12.5. The Morgan fingerprint density at radius 1 is 0.444 bits per heavy atom. The molecule has 2 heterocycles. The molecule has 0 saturated heterocycles. The number of hydrogen-bond donors (Lipinski definition) is 0. The highest BCUT2D eigenvalue weighted by Gasteiger charge is 2.45. The molecule has 0 bridgehead atoms. The van der Waals surface area contributed by atoms with E-state index in [-0.39, 0.29) is 0 Å². The predicted molar refractivity (Wildman–Crippen MR) is 189 cm³/mol. The summed E-state index contributed by atoms with van der Waals surface area (Å²) >= 11 is 0. The summed E-state index contributed by atoms with van der Waals surface area (Å²) in [7, 11) is -2.56. The van der Waals surface area contributed by atoms with E-state index < -0.39 is 8.07 Å². The molecule has 0 amide bonds. The third kappa shape index (κ3) is 4.53. The maximum absolute atomic E-state index is 6.40. The molecule has 0 fully saturated rings. The van der Waals surface area contributed by atoms with Gasteiger partial charge >= 0.3 is 0 Å². The van der Waals surface area contributed by atoms with Gasteiger partial charge in [0.25, 0.3) is 0 Å². The third-order valence-corrected chi connectivity index (χ3v) is 12.8. The van der Waals surface area contributed by atoms with Crippen molar-refractivity contribution in [1.82, 2.24) is 0 Å². The Hall–Kier alpha value is -4.86. The normalized spacial score (nSPS) is 14.3. The molecule has 3 heteroatoms. The molecule has 0 N–H and O–H groups in total. The van der Waals surface area contributed by atoms with Crippen LogP contribution in [-0.4, -0.2) is 8.07 Å². The second-order valence-corrected chi connectivity index (χ2v) is 16.8. The van der Waals surface area contributed by atoms with E-state index in [0.717, 1.165) is 23.0 Å². The largest absolute Gasteiger partial charge is 0.462 e. The molecule has 0 saturated carbocycles. The quantitative estimate of drug-likeness (QED) is 0.178. The van der Waals surface area contributed by atoms with Crippen LogP contribution in [0.25, 0.3) is 43.8 Å². The summed E-state index contributed by atoms with van der Waals surface area (Å²) in [5, 5.41) is 2.79. The van der Waals surface area contributed by atoms with E-state index in [9.17, 15) is 0 Å². The standard InChI is InChI=1S/C42H34O2Si/c1-27-21-23-37(43-27)35-25-31-17-11-19-33(29-13-7-5-8-14-29)39(31)41(35)45(3,4)42-36(38-24-22-28(2)44-38)26-32-18-12-20-34(40(32)42)30-15-9-6-10-16-30/h5-26H,1-4H3. The maximum atomic E-state index is 6.40. The van der Waals surface area contributed by atoms with Crippen LogP contribution in [0.2, 0.25) is 13.1 Å². The van der Waals surface area contributed by atoms with E-state index in [1.54, 1.807) is 0 Å². The van der Waals surface area contributed by atoms with Crippen molar-refractivity contribution >= 4 is 29.6 Å². The van der Waals surface area contributed by atoms with Gasteiger partial charge in [0.1, 0.15) is 31.1 Å². The summed E-state index contributed by atoms with van der Waals surface area (Å²) in [5.74, 6) is 3.68. The molecule has 6 aromatic rings. The van der Waals surface area contributed by atoms with Gasteiger partial charge in [-0.2, -0.15) is 0 Å². The average molecular weight is 599 g/mol. The number of rotatable bonds is 6. The molecule has 2 nitrogen and oxygen atoms in total. The first-order valence-electron chi connectivity index (χ1n) is 15.6. The van der Waals surface area contributed by atoms with E-state index in [0.29, 0.717) is 0 Å². The Labute approximate surface area is 266 Å². The number of fused-ring (bicyclic) bond motifs is 2. The number of benzene rings is 4. The Bertz CT molecular complexity index is 1980. The van der Waals surface area contributed by atoms with Crippen molar-refractivity contribution < 1.29 is 8.83 Å². The van der Waals surface area contributed by atoms with Crippen LogP contribution in [0.15, 0.2) is 130 Å². The SMILES string of the molecule is Cc1ccc(C2=C([Si](C)(C)C3=C(c4ccc(C)o4)[CH]c4cccc(-c5ccccc5)c43)c3c(cccc3-c3ccccc3)[CH]2)o1. The van der Waals surface area contributed by atoms with E-state index in [1.807, 2.05) is 13.8 Å². The molecule has 4 aromatic carbocycles. The third-order valence-electron chi connectivity index (χ3n) is 9.26. The minimum atomic E-state index is -2.56. The van der Waals surface area contributed by atoms with Crippen molar-refractivity contribution in [2.45, 2.75) is 26.9 Å². The summed E-state index contributed by atoms with van der Waals surface area (Å²) in [6.45, 7) is 9.08. The zero-order valence-electron chi connectivity index (χ0n) is 26.0. The minimum absolute atomic E-state index is 0.917. The van der Waals surface area contributed by atoms with Gasteiger partial charge in [-0.05, 0) is 93.0 Å².